The average molecular weight is 405 g/mol. The zero-order valence-electron chi connectivity index (χ0n) is 18.3. The fourth-order valence-electron chi connectivity index (χ4n) is 3.66. The van der Waals surface area contributed by atoms with Crippen molar-refractivity contribution in [3.63, 3.8) is 0 Å². The first-order valence-corrected chi connectivity index (χ1v) is 11.7. The van der Waals surface area contributed by atoms with Crippen molar-refractivity contribution in [3.05, 3.63) is 24.3 Å². The zero-order chi connectivity index (χ0) is 20.6. The summed E-state index contributed by atoms with van der Waals surface area (Å²) in [5.74, 6) is 0.844. The molecule has 1 aliphatic heterocycles. The van der Waals surface area contributed by atoms with E-state index in [1.807, 2.05) is 24.3 Å². The first-order chi connectivity index (χ1) is 14.3. The molecule has 2 rings (SSSR count). The van der Waals surface area contributed by atoms with Gasteiger partial charge in [-0.25, -0.2) is 4.79 Å². The van der Waals surface area contributed by atoms with Crippen molar-refractivity contribution in [1.82, 2.24) is 4.90 Å². The van der Waals surface area contributed by atoms with Gasteiger partial charge in [-0.1, -0.05) is 58.3 Å². The van der Waals surface area contributed by atoms with Gasteiger partial charge in [0.25, 0.3) is 0 Å². The summed E-state index contributed by atoms with van der Waals surface area (Å²) >= 11 is 0. The highest BCUT2D eigenvalue weighted by Crippen LogP contribution is 2.17. The summed E-state index contributed by atoms with van der Waals surface area (Å²) in [5, 5.41) is 2.78. The lowest BCUT2D eigenvalue weighted by atomic mass is 10.1. The van der Waals surface area contributed by atoms with E-state index in [0.29, 0.717) is 6.61 Å². The Balaban J connectivity index is 1.50. The number of nitrogens with one attached hydrogen (secondary N) is 1. The summed E-state index contributed by atoms with van der Waals surface area (Å²) in [6.45, 7) is 6.49. The standard InChI is InChI=1S/C24H40N2O3/c1-2-3-4-5-6-7-8-12-20-28-23-15-13-22(14-16-23)25-24(27)29-21-19-26-17-10-9-11-18-26/h13-16H,2-12,17-21H2,1H3,(H,25,27). The molecule has 0 unspecified atom stereocenters. The number of carbonyl (C=O) groups excluding carboxylic acids is 1. The second-order valence-corrected chi connectivity index (χ2v) is 8.01. The van der Waals surface area contributed by atoms with Crippen LogP contribution in [0, 0.1) is 0 Å². The molecule has 0 saturated carbocycles. The molecule has 1 heterocycles. The number of amides is 1. The Morgan fingerprint density at radius 1 is 0.897 bits per heavy atom. The molecule has 0 atom stereocenters. The lowest BCUT2D eigenvalue weighted by molar-refractivity contribution is 0.131. The molecule has 0 radical (unpaired) electrons. The molecule has 1 saturated heterocycles. The van der Waals surface area contributed by atoms with Gasteiger partial charge in [0.2, 0.25) is 0 Å². The molecule has 1 N–H and O–H groups in total. The molecule has 1 aromatic carbocycles. The molecule has 5 nitrogen and oxygen atoms in total. The van der Waals surface area contributed by atoms with Crippen molar-refractivity contribution < 1.29 is 14.3 Å². The fourth-order valence-corrected chi connectivity index (χ4v) is 3.66. The molecule has 0 aromatic heterocycles. The van der Waals surface area contributed by atoms with Gasteiger partial charge in [0.15, 0.2) is 0 Å². The summed E-state index contributed by atoms with van der Waals surface area (Å²) < 4.78 is 11.1. The maximum atomic E-state index is 11.9. The van der Waals surface area contributed by atoms with Crippen LogP contribution in [0.4, 0.5) is 10.5 Å². The topological polar surface area (TPSA) is 50.8 Å². The first-order valence-electron chi connectivity index (χ1n) is 11.7. The molecule has 0 bridgehead atoms. The summed E-state index contributed by atoms with van der Waals surface area (Å²) in [6, 6.07) is 7.51. The number of nitrogens with zero attached hydrogens (tertiary/aromatic N) is 1. The van der Waals surface area contributed by atoms with Gasteiger partial charge in [0.1, 0.15) is 12.4 Å². The van der Waals surface area contributed by atoms with Crippen LogP contribution in [-0.4, -0.2) is 43.8 Å². The van der Waals surface area contributed by atoms with E-state index < -0.39 is 6.09 Å². The van der Waals surface area contributed by atoms with Crippen LogP contribution >= 0.6 is 0 Å². The van der Waals surface area contributed by atoms with Gasteiger partial charge < -0.3 is 9.47 Å². The van der Waals surface area contributed by atoms with Gasteiger partial charge >= 0.3 is 6.09 Å². The number of hydrogen-bond donors (Lipinski definition) is 1. The third-order valence-electron chi connectivity index (χ3n) is 5.46. The van der Waals surface area contributed by atoms with Crippen LogP contribution in [0.2, 0.25) is 0 Å². The van der Waals surface area contributed by atoms with Crippen molar-refractivity contribution in [2.45, 2.75) is 77.6 Å². The van der Waals surface area contributed by atoms with Crippen LogP contribution < -0.4 is 10.1 Å². The molecule has 1 aliphatic rings. The van der Waals surface area contributed by atoms with Gasteiger partial charge in [-0.05, 0) is 56.6 Å². The minimum absolute atomic E-state index is 0.394. The predicted octanol–water partition coefficient (Wildman–Crippen LogP) is 6.24. The quantitative estimate of drug-likeness (QED) is 0.373. The number of hydrogen-bond acceptors (Lipinski definition) is 4. The minimum atomic E-state index is -0.394. The fraction of sp³-hybridized carbons (Fsp3) is 0.708. The lowest BCUT2D eigenvalue weighted by Gasteiger charge is -2.25. The lowest BCUT2D eigenvalue weighted by Crippen LogP contribution is -2.33. The van der Waals surface area contributed by atoms with E-state index in [1.165, 1.54) is 64.2 Å². The largest absolute Gasteiger partial charge is 0.494 e. The van der Waals surface area contributed by atoms with Crippen molar-refractivity contribution in [2.24, 2.45) is 0 Å². The monoisotopic (exact) mass is 404 g/mol. The molecule has 164 valence electrons. The summed E-state index contributed by atoms with van der Waals surface area (Å²) in [6.07, 6.45) is 13.8. The molecule has 1 amide bonds. The first kappa shape index (κ1) is 23.5. The minimum Gasteiger partial charge on any atom is -0.494 e. The Morgan fingerprint density at radius 2 is 1.55 bits per heavy atom. The normalized spacial score (nSPS) is 14.5. The van der Waals surface area contributed by atoms with Gasteiger partial charge in [-0.15, -0.1) is 0 Å². The van der Waals surface area contributed by atoms with Crippen molar-refractivity contribution in [3.8, 4) is 5.75 Å². The number of likely N-dealkylation sites (tertiary alicyclic amines) is 1. The number of piperidine rings is 1. The number of carbonyl (C=O) groups is 1. The Bertz CT molecular complexity index is 542. The highest BCUT2D eigenvalue weighted by molar-refractivity contribution is 5.84. The van der Waals surface area contributed by atoms with E-state index in [9.17, 15) is 4.79 Å². The third-order valence-corrected chi connectivity index (χ3v) is 5.46. The van der Waals surface area contributed by atoms with Crippen molar-refractivity contribution in [2.75, 3.05) is 38.2 Å². The molecular weight excluding hydrogens is 364 g/mol. The Morgan fingerprint density at radius 3 is 2.24 bits per heavy atom. The van der Waals surface area contributed by atoms with Gasteiger partial charge in [0.05, 0.1) is 6.61 Å². The summed E-state index contributed by atoms with van der Waals surface area (Å²) in [5.41, 5.74) is 0.729. The molecule has 5 heteroatoms. The van der Waals surface area contributed by atoms with Crippen molar-refractivity contribution >= 4 is 11.8 Å². The Kier molecular flexibility index (Phi) is 12.3. The van der Waals surface area contributed by atoms with E-state index in [-0.39, 0.29) is 0 Å². The smallest absolute Gasteiger partial charge is 0.411 e. The Labute approximate surface area is 177 Å². The molecule has 29 heavy (non-hydrogen) atoms. The molecule has 1 aromatic rings. The van der Waals surface area contributed by atoms with E-state index in [0.717, 1.165) is 44.1 Å². The summed E-state index contributed by atoms with van der Waals surface area (Å²) in [4.78, 5) is 14.3. The van der Waals surface area contributed by atoms with Crippen LogP contribution in [0.25, 0.3) is 0 Å². The third kappa shape index (κ3) is 11.1. The number of rotatable bonds is 14. The second-order valence-electron chi connectivity index (χ2n) is 8.01. The number of anilines is 1. The van der Waals surface area contributed by atoms with Crippen LogP contribution in [-0.2, 0) is 4.74 Å². The van der Waals surface area contributed by atoms with E-state index in [1.54, 1.807) is 0 Å². The van der Waals surface area contributed by atoms with Gasteiger partial charge in [-0.2, -0.15) is 0 Å². The Hall–Kier alpha value is -1.75. The maximum Gasteiger partial charge on any atom is 0.411 e. The molecular formula is C24H40N2O3. The zero-order valence-corrected chi connectivity index (χ0v) is 18.3. The highest BCUT2D eigenvalue weighted by atomic mass is 16.5. The van der Waals surface area contributed by atoms with E-state index >= 15 is 0 Å². The number of ether oxygens (including phenoxy) is 2. The molecule has 0 aliphatic carbocycles. The van der Waals surface area contributed by atoms with Gasteiger partial charge in [-0.3, -0.25) is 10.2 Å². The van der Waals surface area contributed by atoms with Crippen molar-refractivity contribution in [1.29, 1.82) is 0 Å². The van der Waals surface area contributed by atoms with Crippen LogP contribution in [0.1, 0.15) is 77.6 Å². The highest BCUT2D eigenvalue weighted by Gasteiger charge is 2.10. The maximum absolute atomic E-state index is 11.9. The SMILES string of the molecule is CCCCCCCCCCOc1ccc(NC(=O)OCCN2CCCCC2)cc1. The van der Waals surface area contributed by atoms with Crippen LogP contribution in [0.3, 0.4) is 0 Å². The predicted molar refractivity (Wildman–Crippen MR) is 120 cm³/mol. The van der Waals surface area contributed by atoms with Crippen LogP contribution in [0.15, 0.2) is 24.3 Å². The average Bonchev–Trinajstić information content (AvgIpc) is 2.74. The second kappa shape index (κ2) is 15.1. The van der Waals surface area contributed by atoms with Crippen LogP contribution in [0.5, 0.6) is 5.75 Å². The number of benzene rings is 1. The molecule has 1 fully saturated rings. The van der Waals surface area contributed by atoms with E-state index in [2.05, 4.69) is 17.1 Å². The molecule has 0 spiro atoms. The van der Waals surface area contributed by atoms with E-state index in [4.69, 9.17) is 9.47 Å². The van der Waals surface area contributed by atoms with Gasteiger partial charge in [0, 0.05) is 12.2 Å². The number of unbranched alkanes of at least 4 members (excludes halogenated alkanes) is 7. The summed E-state index contributed by atoms with van der Waals surface area (Å²) in [7, 11) is 0.